The zero-order valence-corrected chi connectivity index (χ0v) is 19.5. The molecule has 3 heterocycles. The van der Waals surface area contributed by atoms with Crippen LogP contribution in [0.15, 0.2) is 66.0 Å². The van der Waals surface area contributed by atoms with Crippen molar-refractivity contribution in [3.8, 4) is 0 Å². The molecule has 3 aromatic rings. The third-order valence-corrected chi connectivity index (χ3v) is 7.67. The minimum Gasteiger partial charge on any atom is -0.367 e. The van der Waals surface area contributed by atoms with Gasteiger partial charge in [0.2, 0.25) is 11.8 Å². The molecular weight excluding hydrogens is 430 g/mol. The van der Waals surface area contributed by atoms with Crippen molar-refractivity contribution in [3.63, 3.8) is 0 Å². The predicted molar refractivity (Wildman–Crippen MR) is 134 cm³/mol. The van der Waals surface area contributed by atoms with Crippen LogP contribution in [0.5, 0.6) is 0 Å². The van der Waals surface area contributed by atoms with E-state index in [1.807, 2.05) is 58.7 Å². The number of nitrogens with one attached hydrogen (secondary N) is 1. The Kier molecular flexibility index (Phi) is 6.44. The van der Waals surface area contributed by atoms with Gasteiger partial charge in [-0.3, -0.25) is 9.59 Å². The van der Waals surface area contributed by atoms with Crippen LogP contribution in [0.3, 0.4) is 0 Å². The molecule has 1 N–H and O–H groups in total. The second kappa shape index (κ2) is 9.79. The Labute approximate surface area is 199 Å². The Balaban J connectivity index is 1.16. The lowest BCUT2D eigenvalue weighted by Gasteiger charge is -2.32. The van der Waals surface area contributed by atoms with Crippen molar-refractivity contribution >= 4 is 34.5 Å². The molecule has 2 amide bonds. The molecule has 0 spiro atoms. The van der Waals surface area contributed by atoms with E-state index < -0.39 is 0 Å². The normalized spacial score (nSPS) is 18.0. The van der Waals surface area contributed by atoms with Gasteiger partial charge in [-0.25, -0.2) is 0 Å². The van der Waals surface area contributed by atoms with Gasteiger partial charge in [-0.15, -0.1) is 11.3 Å². The summed E-state index contributed by atoms with van der Waals surface area (Å²) in [6.45, 7) is 3.19. The molecule has 33 heavy (non-hydrogen) atoms. The number of carbonyl (C=O) groups is 2. The molecule has 0 saturated carbocycles. The molecule has 0 bridgehead atoms. The maximum Gasteiger partial charge on any atom is 0.229 e. The quantitative estimate of drug-likeness (QED) is 0.600. The minimum atomic E-state index is -0.169. The number of rotatable bonds is 5. The van der Waals surface area contributed by atoms with Crippen LogP contribution in [0.1, 0.15) is 28.8 Å². The number of nitrogens with zero attached hydrogens (tertiary/aromatic N) is 2. The van der Waals surface area contributed by atoms with E-state index in [1.165, 1.54) is 16.1 Å². The van der Waals surface area contributed by atoms with Crippen molar-refractivity contribution in [2.75, 3.05) is 29.9 Å². The van der Waals surface area contributed by atoms with Crippen molar-refractivity contribution in [1.29, 1.82) is 0 Å². The highest BCUT2D eigenvalue weighted by Crippen LogP contribution is 2.29. The molecule has 2 aliphatic rings. The number of fused-ring (bicyclic) bond motifs is 1. The topological polar surface area (TPSA) is 52.7 Å². The number of piperidine rings is 1. The van der Waals surface area contributed by atoms with E-state index >= 15 is 0 Å². The van der Waals surface area contributed by atoms with Gasteiger partial charge in [0, 0.05) is 42.4 Å². The number of carbonyl (C=O) groups excluding carboxylic acids is 2. The highest BCUT2D eigenvalue weighted by atomic mass is 32.1. The maximum atomic E-state index is 12.9. The van der Waals surface area contributed by atoms with Crippen molar-refractivity contribution in [3.05, 3.63) is 82.0 Å². The summed E-state index contributed by atoms with van der Waals surface area (Å²) in [5.41, 5.74) is 4.43. The van der Waals surface area contributed by atoms with Gasteiger partial charge in [0.25, 0.3) is 0 Å². The van der Waals surface area contributed by atoms with Crippen LogP contribution in [-0.2, 0) is 29.0 Å². The summed E-state index contributed by atoms with van der Waals surface area (Å²) in [7, 11) is 0. The summed E-state index contributed by atoms with van der Waals surface area (Å²) in [5.74, 6) is -0.0727. The van der Waals surface area contributed by atoms with Crippen LogP contribution in [-0.4, -0.2) is 36.3 Å². The molecule has 1 saturated heterocycles. The zero-order chi connectivity index (χ0) is 22.6. The van der Waals surface area contributed by atoms with Crippen LogP contribution in [0.2, 0.25) is 0 Å². The first kappa shape index (κ1) is 21.7. The molecule has 5 rings (SSSR count). The molecule has 1 unspecified atom stereocenters. The van der Waals surface area contributed by atoms with Crippen molar-refractivity contribution in [1.82, 2.24) is 4.90 Å². The highest BCUT2D eigenvalue weighted by molar-refractivity contribution is 7.10. The van der Waals surface area contributed by atoms with Gasteiger partial charge < -0.3 is 15.1 Å². The summed E-state index contributed by atoms with van der Waals surface area (Å²) in [6, 6.07) is 20.2. The Morgan fingerprint density at radius 2 is 1.82 bits per heavy atom. The van der Waals surface area contributed by atoms with Crippen molar-refractivity contribution in [2.24, 2.45) is 5.92 Å². The Morgan fingerprint density at radius 3 is 2.64 bits per heavy atom. The molecule has 170 valence electrons. The summed E-state index contributed by atoms with van der Waals surface area (Å²) >= 11 is 1.85. The van der Waals surface area contributed by atoms with Gasteiger partial charge in [-0.1, -0.05) is 30.3 Å². The van der Waals surface area contributed by atoms with E-state index in [-0.39, 0.29) is 17.7 Å². The fourth-order valence-electron chi connectivity index (χ4n) is 4.77. The van der Waals surface area contributed by atoms with Gasteiger partial charge >= 0.3 is 0 Å². The van der Waals surface area contributed by atoms with Crippen LogP contribution in [0, 0.1) is 5.92 Å². The lowest BCUT2D eigenvalue weighted by atomic mass is 9.96. The average Bonchev–Trinajstić information content (AvgIpc) is 3.33. The van der Waals surface area contributed by atoms with E-state index in [4.69, 9.17) is 0 Å². The van der Waals surface area contributed by atoms with Gasteiger partial charge in [0.15, 0.2) is 0 Å². The number of anilines is 2. The van der Waals surface area contributed by atoms with Crippen LogP contribution in [0.25, 0.3) is 0 Å². The molecule has 1 aromatic heterocycles. The molecular formula is C27H29N3O2S. The number of likely N-dealkylation sites (tertiary alicyclic amines) is 1. The number of hydrogen-bond donors (Lipinski definition) is 1. The summed E-state index contributed by atoms with van der Waals surface area (Å²) < 4.78 is 0. The fourth-order valence-corrected chi connectivity index (χ4v) is 5.66. The SMILES string of the molecule is O=C(Nc1ccc(N2CCc3sccc3C2)cc1)C1CCCN(C(=O)Cc2ccccc2)C1. The summed E-state index contributed by atoms with van der Waals surface area (Å²) in [4.78, 5) is 31.4. The van der Waals surface area contributed by atoms with Gasteiger partial charge in [0.1, 0.15) is 0 Å². The number of thiophene rings is 1. The third kappa shape index (κ3) is 5.11. The van der Waals surface area contributed by atoms with Gasteiger partial charge in [-0.2, -0.15) is 0 Å². The smallest absolute Gasteiger partial charge is 0.229 e. The van der Waals surface area contributed by atoms with Gasteiger partial charge in [-0.05, 0) is 66.1 Å². The minimum absolute atomic E-state index is 0.000786. The fraction of sp³-hybridized carbons (Fsp3) is 0.333. The van der Waals surface area contributed by atoms with E-state index in [2.05, 4.69) is 33.8 Å². The molecule has 0 aliphatic carbocycles. The van der Waals surface area contributed by atoms with E-state index in [0.29, 0.717) is 13.0 Å². The standard InChI is InChI=1S/C27H29N3O2S/c31-26(17-20-5-2-1-3-6-20)30-14-4-7-22(19-30)27(32)28-23-8-10-24(11-9-23)29-15-12-25-21(18-29)13-16-33-25/h1-3,5-6,8-11,13,16,22H,4,7,12,14-15,17-19H2,(H,28,32). The molecule has 1 atom stereocenters. The lowest BCUT2D eigenvalue weighted by molar-refractivity contribution is -0.133. The third-order valence-electron chi connectivity index (χ3n) is 6.65. The molecule has 6 heteroatoms. The average molecular weight is 460 g/mol. The van der Waals surface area contributed by atoms with E-state index in [1.54, 1.807) is 0 Å². The highest BCUT2D eigenvalue weighted by Gasteiger charge is 2.28. The van der Waals surface area contributed by atoms with Crippen LogP contribution in [0.4, 0.5) is 11.4 Å². The number of benzene rings is 2. The first-order valence-electron chi connectivity index (χ1n) is 11.7. The van der Waals surface area contributed by atoms with Crippen LogP contribution < -0.4 is 10.2 Å². The summed E-state index contributed by atoms with van der Waals surface area (Å²) in [5, 5.41) is 5.24. The van der Waals surface area contributed by atoms with Crippen molar-refractivity contribution < 1.29 is 9.59 Å². The Morgan fingerprint density at radius 1 is 1.00 bits per heavy atom. The zero-order valence-electron chi connectivity index (χ0n) is 18.7. The van der Waals surface area contributed by atoms with E-state index in [9.17, 15) is 9.59 Å². The molecule has 5 nitrogen and oxygen atoms in total. The first-order chi connectivity index (χ1) is 16.2. The molecule has 0 radical (unpaired) electrons. The van der Waals surface area contributed by atoms with E-state index in [0.717, 1.165) is 50.1 Å². The molecule has 2 aromatic carbocycles. The molecule has 2 aliphatic heterocycles. The monoisotopic (exact) mass is 459 g/mol. The second-order valence-corrected chi connectivity index (χ2v) is 9.92. The first-order valence-corrected chi connectivity index (χ1v) is 12.6. The predicted octanol–water partition coefficient (Wildman–Crippen LogP) is 4.73. The Bertz CT molecular complexity index is 1110. The van der Waals surface area contributed by atoms with Gasteiger partial charge in [0.05, 0.1) is 12.3 Å². The second-order valence-electron chi connectivity index (χ2n) is 8.92. The lowest BCUT2D eigenvalue weighted by Crippen LogP contribution is -2.44. The largest absolute Gasteiger partial charge is 0.367 e. The number of amides is 2. The Hall–Kier alpha value is -3.12. The summed E-state index contributed by atoms with van der Waals surface area (Å²) in [6.07, 6.45) is 3.15. The van der Waals surface area contributed by atoms with Crippen LogP contribution >= 0.6 is 11.3 Å². The number of hydrogen-bond acceptors (Lipinski definition) is 4. The molecule has 1 fully saturated rings. The van der Waals surface area contributed by atoms with Crippen molar-refractivity contribution in [2.45, 2.75) is 32.2 Å². The maximum absolute atomic E-state index is 12.9.